The van der Waals surface area contributed by atoms with Gasteiger partial charge in [0.05, 0.1) is 12.5 Å². The van der Waals surface area contributed by atoms with Crippen molar-refractivity contribution in [1.82, 2.24) is 16.0 Å². The summed E-state index contributed by atoms with van der Waals surface area (Å²) in [6, 6.07) is 12.7. The van der Waals surface area contributed by atoms with Crippen LogP contribution in [0.5, 0.6) is 0 Å². The molecule has 0 fully saturated rings. The Kier molecular flexibility index (Phi) is 13.3. The molecule has 0 aliphatic heterocycles. The smallest absolute Gasteiger partial charge is 0.326 e. The maximum Gasteiger partial charge on any atom is 0.326 e. The van der Waals surface area contributed by atoms with Gasteiger partial charge in [-0.3, -0.25) is 19.2 Å². The first kappa shape index (κ1) is 31.9. The van der Waals surface area contributed by atoms with Crippen LogP contribution in [0.1, 0.15) is 36.8 Å². The number of hydrogen-bond donors (Lipinski definition) is 7. The Balaban J connectivity index is 2.22. The molecule has 0 saturated carbocycles. The monoisotopic (exact) mass is 555 g/mol. The van der Waals surface area contributed by atoms with Crippen LogP contribution in [0.25, 0.3) is 0 Å². The predicted molar refractivity (Wildman–Crippen MR) is 147 cm³/mol. The predicted octanol–water partition coefficient (Wildman–Crippen LogP) is -0.0582. The normalized spacial score (nSPS) is 13.8. The van der Waals surface area contributed by atoms with Gasteiger partial charge in [-0.25, -0.2) is 4.79 Å². The molecule has 12 nitrogen and oxygen atoms in total. The fourth-order valence-electron chi connectivity index (χ4n) is 3.97. The summed E-state index contributed by atoms with van der Waals surface area (Å²) in [5.41, 5.74) is 12.7. The van der Waals surface area contributed by atoms with E-state index in [1.54, 1.807) is 60.7 Å². The quantitative estimate of drug-likeness (QED) is 0.130. The van der Waals surface area contributed by atoms with Crippen LogP contribution < -0.4 is 27.4 Å². The molecular formula is C28H37N5O7. The number of hydrogen-bond acceptors (Lipinski definition) is 7. The fourth-order valence-corrected chi connectivity index (χ4v) is 3.97. The average Bonchev–Trinajstić information content (AvgIpc) is 2.92. The molecule has 2 rings (SSSR count). The molecule has 2 aromatic rings. The van der Waals surface area contributed by atoms with Gasteiger partial charge in [-0.05, 0) is 36.9 Å². The van der Waals surface area contributed by atoms with Crippen LogP contribution in [0.2, 0.25) is 0 Å². The molecule has 2 aromatic carbocycles. The molecule has 0 radical (unpaired) electrons. The van der Waals surface area contributed by atoms with Crippen molar-refractivity contribution in [3.63, 3.8) is 0 Å². The van der Waals surface area contributed by atoms with Gasteiger partial charge in [-0.15, -0.1) is 0 Å². The summed E-state index contributed by atoms with van der Waals surface area (Å²) in [4.78, 5) is 62.1. The third kappa shape index (κ3) is 11.2. The molecule has 216 valence electrons. The van der Waals surface area contributed by atoms with Crippen LogP contribution in [0.4, 0.5) is 0 Å². The van der Waals surface area contributed by atoms with Crippen molar-refractivity contribution in [3.8, 4) is 0 Å². The Bertz CT molecular complexity index is 1130. The first-order valence-corrected chi connectivity index (χ1v) is 13.0. The lowest BCUT2D eigenvalue weighted by atomic mass is 10.0. The number of nitrogens with one attached hydrogen (secondary N) is 3. The van der Waals surface area contributed by atoms with Crippen LogP contribution in [-0.2, 0) is 36.8 Å². The largest absolute Gasteiger partial charge is 0.481 e. The van der Waals surface area contributed by atoms with Crippen molar-refractivity contribution in [2.45, 2.75) is 62.7 Å². The molecule has 0 spiro atoms. The van der Waals surface area contributed by atoms with Crippen molar-refractivity contribution >= 4 is 29.7 Å². The van der Waals surface area contributed by atoms with E-state index in [4.69, 9.17) is 16.6 Å². The summed E-state index contributed by atoms with van der Waals surface area (Å²) >= 11 is 0. The molecule has 40 heavy (non-hydrogen) atoms. The zero-order valence-electron chi connectivity index (χ0n) is 22.1. The van der Waals surface area contributed by atoms with Gasteiger partial charge in [0.2, 0.25) is 17.7 Å². The molecule has 4 atom stereocenters. The topological polar surface area (TPSA) is 214 Å². The number of nitrogens with two attached hydrogens (primary N) is 2. The molecule has 0 aromatic heterocycles. The second kappa shape index (κ2) is 16.6. The summed E-state index contributed by atoms with van der Waals surface area (Å²) < 4.78 is 0. The molecule has 3 amide bonds. The first-order valence-electron chi connectivity index (χ1n) is 13.0. The Hall–Kier alpha value is -4.29. The van der Waals surface area contributed by atoms with Crippen LogP contribution in [0.3, 0.4) is 0 Å². The van der Waals surface area contributed by atoms with Gasteiger partial charge in [0.15, 0.2) is 0 Å². The van der Waals surface area contributed by atoms with E-state index in [2.05, 4.69) is 16.0 Å². The molecule has 4 unspecified atom stereocenters. The van der Waals surface area contributed by atoms with Gasteiger partial charge in [0.1, 0.15) is 18.1 Å². The zero-order valence-corrected chi connectivity index (χ0v) is 22.1. The number of carbonyl (C=O) groups excluding carboxylic acids is 3. The molecule has 0 saturated heterocycles. The Morgan fingerprint density at radius 3 is 1.65 bits per heavy atom. The van der Waals surface area contributed by atoms with Gasteiger partial charge in [0.25, 0.3) is 0 Å². The minimum atomic E-state index is -1.39. The van der Waals surface area contributed by atoms with Crippen molar-refractivity contribution in [2.75, 3.05) is 6.54 Å². The van der Waals surface area contributed by atoms with Crippen LogP contribution in [-0.4, -0.2) is 70.6 Å². The molecule has 0 aliphatic rings. The van der Waals surface area contributed by atoms with Crippen LogP contribution >= 0.6 is 0 Å². The van der Waals surface area contributed by atoms with Crippen molar-refractivity contribution < 1.29 is 34.2 Å². The summed E-state index contributed by atoms with van der Waals surface area (Å²) in [6.45, 7) is 0.363. The fraction of sp³-hybridized carbons (Fsp3) is 0.393. The number of carboxylic acid groups (broad SMARTS) is 2. The van der Waals surface area contributed by atoms with E-state index < -0.39 is 60.2 Å². The van der Waals surface area contributed by atoms with Gasteiger partial charge in [0, 0.05) is 12.8 Å². The second-order valence-corrected chi connectivity index (χ2v) is 9.39. The number of aliphatic carboxylic acids is 2. The minimum absolute atomic E-state index is 0.0412. The standard InChI is InChI=1S/C28H37N5O7/c29-14-8-7-13-21(26(37)33-23(28(39)40)16-19-11-5-2-6-12-19)31-27(38)22(15-18-9-3-1-4-10-18)32-25(36)20(30)17-24(34)35/h1-6,9-12,20-23H,7-8,13-17,29-30H2,(H,31,38)(H,32,36)(H,33,37)(H,34,35)(H,39,40). The molecule has 0 heterocycles. The summed E-state index contributed by atoms with van der Waals surface area (Å²) in [5.74, 6) is -4.74. The average molecular weight is 556 g/mol. The van der Waals surface area contributed by atoms with E-state index in [1.165, 1.54) is 0 Å². The van der Waals surface area contributed by atoms with Crippen molar-refractivity contribution in [2.24, 2.45) is 11.5 Å². The molecule has 12 heteroatoms. The number of carboxylic acids is 2. The highest BCUT2D eigenvalue weighted by Crippen LogP contribution is 2.09. The lowest BCUT2D eigenvalue weighted by Crippen LogP contribution is -2.58. The van der Waals surface area contributed by atoms with E-state index in [0.717, 1.165) is 0 Å². The minimum Gasteiger partial charge on any atom is -0.481 e. The number of rotatable bonds is 17. The SMILES string of the molecule is NCCCCC(NC(=O)C(Cc1ccccc1)NC(=O)C(N)CC(=O)O)C(=O)NC(Cc1ccccc1)C(=O)O. The van der Waals surface area contributed by atoms with Crippen LogP contribution in [0, 0.1) is 0 Å². The van der Waals surface area contributed by atoms with E-state index in [9.17, 15) is 29.1 Å². The maximum absolute atomic E-state index is 13.4. The van der Waals surface area contributed by atoms with E-state index in [0.29, 0.717) is 30.5 Å². The molecule has 9 N–H and O–H groups in total. The highest BCUT2D eigenvalue weighted by molar-refractivity contribution is 5.94. The molecule has 0 bridgehead atoms. The third-order valence-corrected chi connectivity index (χ3v) is 6.12. The summed E-state index contributed by atoms with van der Waals surface area (Å²) in [5, 5.41) is 26.3. The summed E-state index contributed by atoms with van der Waals surface area (Å²) in [6.07, 6.45) is 0.677. The summed E-state index contributed by atoms with van der Waals surface area (Å²) in [7, 11) is 0. The third-order valence-electron chi connectivity index (χ3n) is 6.12. The Morgan fingerprint density at radius 1 is 0.675 bits per heavy atom. The Labute approximate surface area is 232 Å². The number of benzene rings is 2. The van der Waals surface area contributed by atoms with Crippen molar-refractivity contribution in [1.29, 1.82) is 0 Å². The van der Waals surface area contributed by atoms with E-state index >= 15 is 0 Å². The maximum atomic E-state index is 13.4. The number of carbonyl (C=O) groups is 5. The Morgan fingerprint density at radius 2 is 1.15 bits per heavy atom. The van der Waals surface area contributed by atoms with Gasteiger partial charge < -0.3 is 37.6 Å². The highest BCUT2D eigenvalue weighted by Gasteiger charge is 2.30. The zero-order chi connectivity index (χ0) is 29.5. The van der Waals surface area contributed by atoms with Crippen molar-refractivity contribution in [3.05, 3.63) is 71.8 Å². The van der Waals surface area contributed by atoms with E-state index in [1.807, 2.05) is 0 Å². The van der Waals surface area contributed by atoms with Gasteiger partial charge in [-0.2, -0.15) is 0 Å². The molecule has 0 aliphatic carbocycles. The van der Waals surface area contributed by atoms with Crippen LogP contribution in [0.15, 0.2) is 60.7 Å². The van der Waals surface area contributed by atoms with E-state index in [-0.39, 0.29) is 19.3 Å². The molecular weight excluding hydrogens is 518 g/mol. The second-order valence-electron chi connectivity index (χ2n) is 9.39. The number of unbranched alkanes of at least 4 members (excludes halogenated alkanes) is 1. The lowest BCUT2D eigenvalue weighted by molar-refractivity contribution is -0.142. The van der Waals surface area contributed by atoms with Gasteiger partial charge in [-0.1, -0.05) is 60.7 Å². The lowest BCUT2D eigenvalue weighted by Gasteiger charge is -2.25. The van der Waals surface area contributed by atoms with Gasteiger partial charge >= 0.3 is 11.9 Å². The highest BCUT2D eigenvalue weighted by atomic mass is 16.4. The first-order chi connectivity index (χ1) is 19.1. The number of amides is 3.